The van der Waals surface area contributed by atoms with Crippen molar-refractivity contribution < 1.29 is 0 Å². The molecule has 5 rings (SSSR count). The fraction of sp³-hybridized carbons (Fsp3) is 0. The van der Waals surface area contributed by atoms with E-state index < -0.39 is 0 Å². The smallest absolute Gasteiger partial charge is 0.182 e. The van der Waals surface area contributed by atoms with E-state index >= 15 is 0 Å². The first kappa shape index (κ1) is 17.0. The predicted molar refractivity (Wildman–Crippen MR) is 111 cm³/mol. The van der Waals surface area contributed by atoms with Gasteiger partial charge in [-0.05, 0) is 42.5 Å². The summed E-state index contributed by atoms with van der Waals surface area (Å²) in [5.41, 5.74) is 4.07. The molecule has 136 valence electrons. The van der Waals surface area contributed by atoms with Gasteiger partial charge in [-0.15, -0.1) is 0 Å². The molecule has 7 heteroatoms. The minimum atomic E-state index is 0.629. The lowest BCUT2D eigenvalue weighted by Gasteiger charge is -2.09. The number of benzene rings is 2. The average molecular weight is 406 g/mol. The SMILES string of the molecule is Clc1ccc(-n2ncnc2-c2c(-c3ccccc3Cl)nc3ccccn23)cc1. The lowest BCUT2D eigenvalue weighted by Crippen LogP contribution is -2.02. The number of nitrogens with zero attached hydrogens (tertiary/aromatic N) is 5. The quantitative estimate of drug-likeness (QED) is 0.394. The molecule has 0 radical (unpaired) electrons. The Morgan fingerprint density at radius 3 is 2.43 bits per heavy atom. The van der Waals surface area contributed by atoms with E-state index in [4.69, 9.17) is 28.2 Å². The molecule has 0 fully saturated rings. The molecule has 0 aliphatic rings. The highest BCUT2D eigenvalue weighted by molar-refractivity contribution is 6.33. The highest BCUT2D eigenvalue weighted by atomic mass is 35.5. The third-order valence-corrected chi connectivity index (χ3v) is 5.07. The van der Waals surface area contributed by atoms with Crippen molar-refractivity contribution in [2.24, 2.45) is 0 Å². The monoisotopic (exact) mass is 405 g/mol. The van der Waals surface area contributed by atoms with Crippen molar-refractivity contribution in [2.75, 3.05) is 0 Å². The summed E-state index contributed by atoms with van der Waals surface area (Å²) in [6.07, 6.45) is 3.49. The Morgan fingerprint density at radius 2 is 1.61 bits per heavy atom. The average Bonchev–Trinajstić information content (AvgIpc) is 3.33. The van der Waals surface area contributed by atoms with E-state index in [-0.39, 0.29) is 0 Å². The van der Waals surface area contributed by atoms with Gasteiger partial charge in [0, 0.05) is 16.8 Å². The maximum Gasteiger partial charge on any atom is 0.182 e. The van der Waals surface area contributed by atoms with Crippen LogP contribution in [0.2, 0.25) is 10.0 Å². The Balaban J connectivity index is 1.81. The van der Waals surface area contributed by atoms with Crippen LogP contribution in [-0.2, 0) is 0 Å². The topological polar surface area (TPSA) is 48.0 Å². The standard InChI is InChI=1S/C21H13Cl2N5/c22-14-8-10-15(11-9-14)28-21(24-13-25-28)20-19(16-5-1-2-6-17(16)23)26-18-7-3-4-12-27(18)20/h1-13H. The summed E-state index contributed by atoms with van der Waals surface area (Å²) in [6, 6.07) is 21.0. The largest absolute Gasteiger partial charge is 0.296 e. The van der Waals surface area contributed by atoms with E-state index in [1.54, 1.807) is 4.68 Å². The molecule has 3 heterocycles. The zero-order valence-corrected chi connectivity index (χ0v) is 16.0. The van der Waals surface area contributed by atoms with Gasteiger partial charge in [-0.25, -0.2) is 14.6 Å². The van der Waals surface area contributed by atoms with Crippen molar-refractivity contribution in [3.05, 3.63) is 89.3 Å². The van der Waals surface area contributed by atoms with Gasteiger partial charge in [0.15, 0.2) is 5.82 Å². The molecule has 0 spiro atoms. The predicted octanol–water partition coefficient (Wildman–Crippen LogP) is 5.56. The minimum Gasteiger partial charge on any atom is -0.296 e. The summed E-state index contributed by atoms with van der Waals surface area (Å²) in [5.74, 6) is 0.663. The second-order valence-corrected chi connectivity index (χ2v) is 7.03. The lowest BCUT2D eigenvalue weighted by molar-refractivity contribution is 0.881. The van der Waals surface area contributed by atoms with Crippen LogP contribution in [0.25, 0.3) is 34.1 Å². The van der Waals surface area contributed by atoms with Gasteiger partial charge >= 0.3 is 0 Å². The summed E-state index contributed by atoms with van der Waals surface area (Å²) in [6.45, 7) is 0. The lowest BCUT2D eigenvalue weighted by atomic mass is 10.1. The first-order valence-electron chi connectivity index (χ1n) is 8.61. The Kier molecular flexibility index (Phi) is 4.11. The zero-order chi connectivity index (χ0) is 19.1. The highest BCUT2D eigenvalue weighted by Crippen LogP contribution is 2.36. The molecular formula is C21H13Cl2N5. The molecule has 0 atom stereocenters. The van der Waals surface area contributed by atoms with Crippen LogP contribution in [0.15, 0.2) is 79.3 Å². The van der Waals surface area contributed by atoms with Crippen LogP contribution >= 0.6 is 23.2 Å². The number of hydrogen-bond acceptors (Lipinski definition) is 3. The summed E-state index contributed by atoms with van der Waals surface area (Å²) >= 11 is 12.5. The van der Waals surface area contributed by atoms with Crippen LogP contribution in [0, 0.1) is 0 Å². The molecule has 0 bridgehead atoms. The van der Waals surface area contributed by atoms with E-state index in [0.717, 1.165) is 28.3 Å². The molecule has 0 saturated heterocycles. The van der Waals surface area contributed by atoms with Crippen LogP contribution in [0.1, 0.15) is 0 Å². The fourth-order valence-electron chi connectivity index (χ4n) is 3.22. The molecule has 2 aromatic carbocycles. The van der Waals surface area contributed by atoms with E-state index in [0.29, 0.717) is 15.9 Å². The zero-order valence-electron chi connectivity index (χ0n) is 14.5. The molecular weight excluding hydrogens is 393 g/mol. The third-order valence-electron chi connectivity index (χ3n) is 4.49. The summed E-state index contributed by atoms with van der Waals surface area (Å²) in [4.78, 5) is 9.36. The van der Waals surface area contributed by atoms with Crippen LogP contribution in [-0.4, -0.2) is 24.1 Å². The van der Waals surface area contributed by atoms with Crippen molar-refractivity contribution in [3.63, 3.8) is 0 Å². The van der Waals surface area contributed by atoms with Crippen LogP contribution in [0.5, 0.6) is 0 Å². The number of aromatic nitrogens is 5. The third kappa shape index (κ3) is 2.76. The molecule has 5 nitrogen and oxygen atoms in total. The van der Waals surface area contributed by atoms with E-state index in [2.05, 4.69) is 10.1 Å². The van der Waals surface area contributed by atoms with Gasteiger partial charge in [-0.1, -0.05) is 47.5 Å². The molecule has 0 unspecified atom stereocenters. The van der Waals surface area contributed by atoms with Gasteiger partial charge in [-0.2, -0.15) is 5.10 Å². The summed E-state index contributed by atoms with van der Waals surface area (Å²) in [7, 11) is 0. The molecule has 0 N–H and O–H groups in total. The molecule has 0 aliphatic carbocycles. The second-order valence-electron chi connectivity index (χ2n) is 6.19. The van der Waals surface area contributed by atoms with Crippen LogP contribution < -0.4 is 0 Å². The number of halogens is 2. The van der Waals surface area contributed by atoms with Gasteiger partial charge in [0.2, 0.25) is 0 Å². The van der Waals surface area contributed by atoms with Crippen LogP contribution in [0.4, 0.5) is 0 Å². The van der Waals surface area contributed by atoms with Crippen LogP contribution in [0.3, 0.4) is 0 Å². The maximum absolute atomic E-state index is 6.49. The molecule has 5 aromatic rings. The normalized spacial score (nSPS) is 11.2. The van der Waals surface area contributed by atoms with E-state index in [1.807, 2.05) is 77.3 Å². The first-order valence-corrected chi connectivity index (χ1v) is 9.36. The van der Waals surface area contributed by atoms with Crippen molar-refractivity contribution in [1.29, 1.82) is 0 Å². The van der Waals surface area contributed by atoms with Gasteiger partial charge in [0.1, 0.15) is 23.4 Å². The Hall–Kier alpha value is -3.15. The van der Waals surface area contributed by atoms with Crippen molar-refractivity contribution in [1.82, 2.24) is 24.1 Å². The Bertz CT molecular complexity index is 1290. The maximum atomic E-state index is 6.49. The summed E-state index contributed by atoms with van der Waals surface area (Å²) in [5, 5.41) is 5.72. The molecule has 28 heavy (non-hydrogen) atoms. The number of pyridine rings is 1. The number of hydrogen-bond donors (Lipinski definition) is 0. The van der Waals surface area contributed by atoms with Gasteiger partial charge in [-0.3, -0.25) is 4.40 Å². The molecule has 0 amide bonds. The number of rotatable bonds is 3. The van der Waals surface area contributed by atoms with E-state index in [9.17, 15) is 0 Å². The fourth-order valence-corrected chi connectivity index (χ4v) is 3.58. The Labute approximate surface area is 170 Å². The summed E-state index contributed by atoms with van der Waals surface area (Å²) < 4.78 is 3.77. The number of fused-ring (bicyclic) bond motifs is 1. The Morgan fingerprint density at radius 1 is 0.821 bits per heavy atom. The van der Waals surface area contributed by atoms with Crippen molar-refractivity contribution >= 4 is 28.8 Å². The second kappa shape index (κ2) is 6.78. The number of imidazole rings is 1. The van der Waals surface area contributed by atoms with Gasteiger partial charge in [0.25, 0.3) is 0 Å². The van der Waals surface area contributed by atoms with Crippen molar-refractivity contribution in [3.8, 4) is 28.5 Å². The van der Waals surface area contributed by atoms with E-state index in [1.165, 1.54) is 6.33 Å². The molecule has 3 aromatic heterocycles. The van der Waals surface area contributed by atoms with Crippen molar-refractivity contribution in [2.45, 2.75) is 0 Å². The van der Waals surface area contributed by atoms with Gasteiger partial charge < -0.3 is 0 Å². The van der Waals surface area contributed by atoms with Gasteiger partial charge in [0.05, 0.1) is 10.7 Å². The highest BCUT2D eigenvalue weighted by Gasteiger charge is 2.22. The minimum absolute atomic E-state index is 0.629. The molecule has 0 saturated carbocycles. The molecule has 0 aliphatic heterocycles. The first-order chi connectivity index (χ1) is 13.7.